The van der Waals surface area contributed by atoms with Gasteiger partial charge < -0.3 is 19.7 Å². The molecule has 0 saturated heterocycles. The second kappa shape index (κ2) is 13.3. The molecule has 0 aromatic heterocycles. The number of sulfonamides is 1. The van der Waals surface area contributed by atoms with E-state index in [2.05, 4.69) is 21.2 Å². The molecule has 0 fully saturated rings. The molecule has 0 unspecified atom stereocenters. The Bertz CT molecular complexity index is 1240. The second-order valence-electron chi connectivity index (χ2n) is 9.41. The van der Waals surface area contributed by atoms with E-state index in [1.54, 1.807) is 30.0 Å². The molecular formula is C27H36BrN3O6S. The van der Waals surface area contributed by atoms with Gasteiger partial charge in [-0.05, 0) is 56.5 Å². The van der Waals surface area contributed by atoms with Gasteiger partial charge in [0.15, 0.2) is 11.5 Å². The monoisotopic (exact) mass is 609 g/mol. The number of hydrogen-bond donors (Lipinski definition) is 1. The van der Waals surface area contributed by atoms with E-state index in [4.69, 9.17) is 9.47 Å². The lowest BCUT2D eigenvalue weighted by molar-refractivity contribution is -0.140. The van der Waals surface area contributed by atoms with Gasteiger partial charge >= 0.3 is 0 Å². The number of rotatable bonds is 12. The van der Waals surface area contributed by atoms with Crippen LogP contribution >= 0.6 is 15.9 Å². The molecule has 0 aliphatic carbocycles. The molecule has 38 heavy (non-hydrogen) atoms. The van der Waals surface area contributed by atoms with Crippen molar-refractivity contribution in [3.8, 4) is 11.5 Å². The number of halogens is 1. The van der Waals surface area contributed by atoms with Crippen LogP contribution in [0.3, 0.4) is 0 Å². The molecule has 1 aliphatic rings. The van der Waals surface area contributed by atoms with E-state index in [1.807, 2.05) is 38.1 Å². The van der Waals surface area contributed by atoms with Crippen LogP contribution in [0.2, 0.25) is 0 Å². The van der Waals surface area contributed by atoms with Gasteiger partial charge in [-0.2, -0.15) is 0 Å². The number of carbonyl (C=O) groups is 2. The molecule has 2 aromatic carbocycles. The van der Waals surface area contributed by atoms with Gasteiger partial charge in [0.1, 0.15) is 19.3 Å². The van der Waals surface area contributed by atoms with Gasteiger partial charge in [0.25, 0.3) is 0 Å². The highest BCUT2D eigenvalue weighted by molar-refractivity contribution is 9.10. The van der Waals surface area contributed by atoms with Gasteiger partial charge in [-0.15, -0.1) is 0 Å². The van der Waals surface area contributed by atoms with E-state index in [1.165, 1.54) is 4.31 Å². The summed E-state index contributed by atoms with van der Waals surface area (Å²) in [5.74, 6) is 0.598. The van der Waals surface area contributed by atoms with Crippen LogP contribution in [0.15, 0.2) is 46.9 Å². The van der Waals surface area contributed by atoms with Gasteiger partial charge in [0, 0.05) is 36.1 Å². The summed E-state index contributed by atoms with van der Waals surface area (Å²) in [4.78, 5) is 27.9. The third-order valence-electron chi connectivity index (χ3n) is 6.38. The van der Waals surface area contributed by atoms with Gasteiger partial charge in [0.2, 0.25) is 21.8 Å². The summed E-state index contributed by atoms with van der Waals surface area (Å²) in [6.45, 7) is 6.80. The van der Waals surface area contributed by atoms with Crippen LogP contribution < -0.4 is 19.1 Å². The minimum Gasteiger partial charge on any atom is -0.486 e. The van der Waals surface area contributed by atoms with Crippen LogP contribution in [0.25, 0.3) is 0 Å². The van der Waals surface area contributed by atoms with Crippen LogP contribution in [0.5, 0.6) is 11.5 Å². The van der Waals surface area contributed by atoms with Crippen molar-refractivity contribution < 1.29 is 27.5 Å². The third kappa shape index (κ3) is 8.10. The molecule has 1 aliphatic heterocycles. The highest BCUT2D eigenvalue weighted by atomic mass is 79.9. The number of carbonyl (C=O) groups excluding carboxylic acids is 2. The highest BCUT2D eigenvalue weighted by Gasteiger charge is 2.27. The zero-order valence-electron chi connectivity index (χ0n) is 22.3. The fourth-order valence-electron chi connectivity index (χ4n) is 4.07. The fourth-order valence-corrected chi connectivity index (χ4v) is 5.48. The molecule has 0 radical (unpaired) electrons. The van der Waals surface area contributed by atoms with Crippen LogP contribution in [0.1, 0.15) is 45.6 Å². The average Bonchev–Trinajstić information content (AvgIpc) is 2.88. The maximum atomic E-state index is 13.4. The number of ether oxygens (including phenoxy) is 2. The maximum absolute atomic E-state index is 13.4. The van der Waals surface area contributed by atoms with Crippen molar-refractivity contribution in [1.82, 2.24) is 10.2 Å². The Morgan fingerprint density at radius 3 is 2.45 bits per heavy atom. The highest BCUT2D eigenvalue weighted by Crippen LogP contribution is 2.34. The molecule has 1 heterocycles. The summed E-state index contributed by atoms with van der Waals surface area (Å²) >= 11 is 3.46. The van der Waals surface area contributed by atoms with Crippen LogP contribution in [-0.2, 0) is 26.2 Å². The van der Waals surface area contributed by atoms with Crippen molar-refractivity contribution in [2.75, 3.05) is 30.3 Å². The number of nitrogens with zero attached hydrogens (tertiary/aromatic N) is 2. The van der Waals surface area contributed by atoms with E-state index < -0.39 is 16.1 Å². The number of amides is 2. The van der Waals surface area contributed by atoms with Crippen LogP contribution in [0.4, 0.5) is 5.69 Å². The Morgan fingerprint density at radius 2 is 1.79 bits per heavy atom. The largest absolute Gasteiger partial charge is 0.486 e. The van der Waals surface area contributed by atoms with Crippen LogP contribution in [0, 0.1) is 0 Å². The Morgan fingerprint density at radius 1 is 1.08 bits per heavy atom. The number of fused-ring (bicyclic) bond motifs is 1. The molecule has 2 aromatic rings. The van der Waals surface area contributed by atoms with Crippen molar-refractivity contribution >= 4 is 43.5 Å². The molecular weight excluding hydrogens is 574 g/mol. The van der Waals surface area contributed by atoms with Crippen molar-refractivity contribution in [3.63, 3.8) is 0 Å². The lowest BCUT2D eigenvalue weighted by Gasteiger charge is -2.30. The fraction of sp³-hybridized carbons (Fsp3) is 0.481. The average molecular weight is 611 g/mol. The molecule has 0 spiro atoms. The molecule has 9 nitrogen and oxygen atoms in total. The lowest BCUT2D eigenvalue weighted by Crippen LogP contribution is -2.49. The predicted molar refractivity (Wildman–Crippen MR) is 151 cm³/mol. The molecule has 208 valence electrons. The smallest absolute Gasteiger partial charge is 0.242 e. The number of hydrogen-bond acceptors (Lipinski definition) is 6. The summed E-state index contributed by atoms with van der Waals surface area (Å²) in [5, 5.41) is 2.95. The molecule has 0 saturated carbocycles. The minimum atomic E-state index is -3.62. The molecule has 1 N–H and O–H groups in total. The van der Waals surface area contributed by atoms with Gasteiger partial charge in [-0.3, -0.25) is 13.9 Å². The van der Waals surface area contributed by atoms with E-state index >= 15 is 0 Å². The second-order valence-corrected chi connectivity index (χ2v) is 12.2. The number of benzene rings is 2. The maximum Gasteiger partial charge on any atom is 0.242 e. The Hall–Kier alpha value is -2.79. The Kier molecular flexibility index (Phi) is 10.4. The molecule has 11 heteroatoms. The first-order valence-electron chi connectivity index (χ1n) is 12.7. The quantitative estimate of drug-likeness (QED) is 0.388. The summed E-state index contributed by atoms with van der Waals surface area (Å²) in [5.41, 5.74) is 1.32. The van der Waals surface area contributed by atoms with Crippen molar-refractivity contribution in [3.05, 3.63) is 52.5 Å². The summed E-state index contributed by atoms with van der Waals surface area (Å²) in [6.07, 6.45) is 2.26. The zero-order chi connectivity index (χ0) is 27.9. The van der Waals surface area contributed by atoms with Gasteiger partial charge in [-0.1, -0.05) is 35.0 Å². The Labute approximate surface area is 233 Å². The third-order valence-corrected chi connectivity index (χ3v) is 8.06. The first kappa shape index (κ1) is 29.8. The van der Waals surface area contributed by atoms with Crippen molar-refractivity contribution in [2.24, 2.45) is 0 Å². The SMILES string of the molecule is CC[C@@H](C)NC(=O)[C@H](C)N(Cc1cccc(Br)c1)C(=O)CCCN(c1ccc2c(c1)OCCO2)S(C)(=O)=O. The first-order chi connectivity index (χ1) is 18.0. The number of nitrogens with one attached hydrogen (secondary N) is 1. The van der Waals surface area contributed by atoms with Crippen molar-refractivity contribution in [1.29, 1.82) is 0 Å². The molecule has 3 rings (SSSR count). The first-order valence-corrected chi connectivity index (χ1v) is 15.4. The molecule has 0 bridgehead atoms. The minimum absolute atomic E-state index is 0.0120. The lowest BCUT2D eigenvalue weighted by atomic mass is 10.1. The summed E-state index contributed by atoms with van der Waals surface area (Å²) < 4.78 is 38.5. The van der Waals surface area contributed by atoms with Crippen molar-refractivity contribution in [2.45, 2.75) is 58.7 Å². The topological polar surface area (TPSA) is 105 Å². The van der Waals surface area contributed by atoms with E-state index in [0.29, 0.717) is 30.4 Å². The summed E-state index contributed by atoms with van der Waals surface area (Å²) in [6, 6.07) is 11.9. The standard InChI is InChI=1S/C27H36BrN3O6S/c1-5-19(2)29-27(33)20(3)30(18-21-8-6-9-22(28)16-21)26(32)10-7-13-31(38(4,34)35)23-11-12-24-25(17-23)37-15-14-36-24/h6,8-9,11-12,16-17,19-20H,5,7,10,13-15,18H2,1-4H3,(H,29,33)/t19-,20+/m1/s1. The van der Waals surface area contributed by atoms with E-state index in [9.17, 15) is 18.0 Å². The molecule has 2 atom stereocenters. The van der Waals surface area contributed by atoms with Gasteiger partial charge in [0.05, 0.1) is 11.9 Å². The predicted octanol–water partition coefficient (Wildman–Crippen LogP) is 4.10. The summed E-state index contributed by atoms with van der Waals surface area (Å²) in [7, 11) is -3.62. The normalized spacial score (nSPS) is 14.3. The Balaban J connectivity index is 1.74. The van der Waals surface area contributed by atoms with E-state index in [0.717, 1.165) is 22.7 Å². The molecule has 2 amide bonds. The number of anilines is 1. The van der Waals surface area contributed by atoms with Gasteiger partial charge in [-0.25, -0.2) is 8.42 Å². The van der Waals surface area contributed by atoms with Crippen LogP contribution in [-0.4, -0.2) is 63.2 Å². The van der Waals surface area contributed by atoms with E-state index in [-0.39, 0.29) is 43.8 Å². The zero-order valence-corrected chi connectivity index (χ0v) is 24.7.